The Bertz CT molecular complexity index is 75.0. The summed E-state index contributed by atoms with van der Waals surface area (Å²) in [5.41, 5.74) is 0. The fourth-order valence-electron chi connectivity index (χ4n) is 0.619. The molecular formula is C5H10O4. The van der Waals surface area contributed by atoms with Crippen LogP contribution >= 0.6 is 0 Å². The number of rotatable bonds is 0. The summed E-state index contributed by atoms with van der Waals surface area (Å²) in [5, 5.41) is 17.8. The molecule has 0 aromatic heterocycles. The third-order valence-corrected chi connectivity index (χ3v) is 1.19. The topological polar surface area (TPSA) is 58.9 Å². The Balaban J connectivity index is 2.32. The van der Waals surface area contributed by atoms with Crippen molar-refractivity contribution in [3.8, 4) is 0 Å². The van der Waals surface area contributed by atoms with E-state index in [0.29, 0.717) is 0 Å². The third-order valence-electron chi connectivity index (χ3n) is 1.19. The number of hydrogen-bond donors (Lipinski definition) is 2. The van der Waals surface area contributed by atoms with Crippen LogP contribution in [0.25, 0.3) is 0 Å². The maximum Gasteiger partial charge on any atom is 0.146 e. The van der Waals surface area contributed by atoms with E-state index in [0.717, 1.165) is 0 Å². The summed E-state index contributed by atoms with van der Waals surface area (Å²) < 4.78 is 9.49. The van der Waals surface area contributed by atoms with Gasteiger partial charge in [0.05, 0.1) is 13.2 Å². The van der Waals surface area contributed by atoms with Gasteiger partial charge in [0.25, 0.3) is 0 Å². The average molecular weight is 134 g/mol. The van der Waals surface area contributed by atoms with Gasteiger partial charge >= 0.3 is 0 Å². The maximum absolute atomic E-state index is 8.90. The average Bonchev–Trinajstić information content (AvgIpc) is 1.99. The number of aliphatic hydroxyl groups excluding tert-OH is 2. The van der Waals surface area contributed by atoms with Crippen LogP contribution in [0.4, 0.5) is 0 Å². The van der Waals surface area contributed by atoms with Gasteiger partial charge in [-0.15, -0.1) is 0 Å². The van der Waals surface area contributed by atoms with Gasteiger partial charge < -0.3 is 19.7 Å². The van der Waals surface area contributed by atoms with Crippen LogP contribution in [0.3, 0.4) is 0 Å². The molecule has 0 aliphatic carbocycles. The lowest BCUT2D eigenvalue weighted by Crippen LogP contribution is -2.30. The molecule has 2 atom stereocenters. The molecule has 0 aromatic carbocycles. The van der Waals surface area contributed by atoms with Crippen LogP contribution in [0.2, 0.25) is 0 Å². The molecule has 2 N–H and O–H groups in total. The second-order valence-corrected chi connectivity index (χ2v) is 1.99. The first-order valence-corrected chi connectivity index (χ1v) is 2.82. The van der Waals surface area contributed by atoms with Gasteiger partial charge in [-0.1, -0.05) is 0 Å². The van der Waals surface area contributed by atoms with Crippen LogP contribution < -0.4 is 0 Å². The Morgan fingerprint density at radius 2 is 1.44 bits per heavy atom. The van der Waals surface area contributed by atoms with Gasteiger partial charge in [0, 0.05) is 0 Å². The molecule has 0 radical (unpaired) electrons. The van der Waals surface area contributed by atoms with Crippen molar-refractivity contribution in [1.29, 1.82) is 0 Å². The highest BCUT2D eigenvalue weighted by atomic mass is 16.7. The van der Waals surface area contributed by atoms with Crippen LogP contribution in [-0.2, 0) is 9.47 Å². The van der Waals surface area contributed by atoms with Crippen LogP contribution in [0.15, 0.2) is 0 Å². The van der Waals surface area contributed by atoms with E-state index < -0.39 is 12.2 Å². The molecule has 1 saturated heterocycles. The molecule has 1 heterocycles. The molecule has 1 aliphatic heterocycles. The van der Waals surface area contributed by atoms with Gasteiger partial charge in [0.2, 0.25) is 0 Å². The van der Waals surface area contributed by atoms with Crippen molar-refractivity contribution in [2.75, 3.05) is 20.0 Å². The molecule has 9 heavy (non-hydrogen) atoms. The van der Waals surface area contributed by atoms with Crippen LogP contribution in [0.5, 0.6) is 0 Å². The maximum atomic E-state index is 8.90. The van der Waals surface area contributed by atoms with Gasteiger partial charge in [-0.05, 0) is 0 Å². The largest absolute Gasteiger partial charge is 0.388 e. The predicted molar refractivity (Wildman–Crippen MR) is 28.8 cm³/mol. The number of aliphatic hydroxyl groups is 2. The predicted octanol–water partition coefficient (Wildman–Crippen LogP) is -1.29. The zero-order valence-corrected chi connectivity index (χ0v) is 4.99. The van der Waals surface area contributed by atoms with Crippen molar-refractivity contribution in [3.05, 3.63) is 0 Å². The highest BCUT2D eigenvalue weighted by Gasteiger charge is 2.19. The summed E-state index contributed by atoms with van der Waals surface area (Å²) in [6.07, 6.45) is -1.60. The standard InChI is InChI=1S/C5H10O4/c6-4-1-8-3-9-2-5(4)7/h4-7H,1-3H2/t4-,5-/m1/s1. The zero-order valence-electron chi connectivity index (χ0n) is 4.99. The highest BCUT2D eigenvalue weighted by Crippen LogP contribution is 2.00. The van der Waals surface area contributed by atoms with Crippen molar-refractivity contribution in [2.24, 2.45) is 0 Å². The minimum absolute atomic E-state index is 0.154. The molecule has 4 heteroatoms. The summed E-state index contributed by atoms with van der Waals surface area (Å²) >= 11 is 0. The number of hydrogen-bond acceptors (Lipinski definition) is 4. The van der Waals surface area contributed by atoms with Gasteiger partial charge in [0.1, 0.15) is 19.0 Å². The first-order chi connectivity index (χ1) is 4.30. The molecule has 4 nitrogen and oxygen atoms in total. The summed E-state index contributed by atoms with van der Waals surface area (Å²) in [4.78, 5) is 0. The first kappa shape index (κ1) is 6.95. The van der Waals surface area contributed by atoms with Crippen molar-refractivity contribution in [3.63, 3.8) is 0 Å². The SMILES string of the molecule is O[C@@H]1COCOC[C@H]1O. The molecule has 1 rings (SSSR count). The van der Waals surface area contributed by atoms with Gasteiger partial charge in [-0.3, -0.25) is 0 Å². The van der Waals surface area contributed by atoms with E-state index in [1.54, 1.807) is 0 Å². The minimum atomic E-state index is -0.799. The van der Waals surface area contributed by atoms with E-state index in [-0.39, 0.29) is 20.0 Å². The lowest BCUT2D eigenvalue weighted by molar-refractivity contribution is -0.0433. The lowest BCUT2D eigenvalue weighted by atomic mass is 10.2. The summed E-state index contributed by atoms with van der Waals surface area (Å²) in [6.45, 7) is 0.469. The van der Waals surface area contributed by atoms with Crippen molar-refractivity contribution < 1.29 is 19.7 Å². The normalized spacial score (nSPS) is 38.0. The second kappa shape index (κ2) is 3.12. The molecular weight excluding hydrogens is 124 g/mol. The Labute approximate surface area is 53.0 Å². The molecule has 0 saturated carbocycles. The van der Waals surface area contributed by atoms with Crippen LogP contribution in [-0.4, -0.2) is 42.4 Å². The van der Waals surface area contributed by atoms with E-state index in [1.165, 1.54) is 0 Å². The van der Waals surface area contributed by atoms with E-state index in [2.05, 4.69) is 0 Å². The third kappa shape index (κ3) is 1.91. The van der Waals surface area contributed by atoms with Crippen molar-refractivity contribution >= 4 is 0 Å². The zero-order chi connectivity index (χ0) is 6.69. The molecule has 0 aromatic rings. The summed E-state index contributed by atoms with van der Waals surface area (Å²) in [7, 11) is 0. The molecule has 0 unspecified atom stereocenters. The van der Waals surface area contributed by atoms with Gasteiger partial charge in [0.15, 0.2) is 0 Å². The molecule has 54 valence electrons. The summed E-state index contributed by atoms with van der Waals surface area (Å²) in [5.74, 6) is 0. The Morgan fingerprint density at radius 1 is 1.00 bits per heavy atom. The minimum Gasteiger partial charge on any atom is -0.388 e. The fourth-order valence-corrected chi connectivity index (χ4v) is 0.619. The van der Waals surface area contributed by atoms with Crippen molar-refractivity contribution in [1.82, 2.24) is 0 Å². The van der Waals surface area contributed by atoms with Crippen LogP contribution in [0, 0.1) is 0 Å². The smallest absolute Gasteiger partial charge is 0.146 e. The Morgan fingerprint density at radius 3 is 1.89 bits per heavy atom. The highest BCUT2D eigenvalue weighted by molar-refractivity contribution is 4.66. The van der Waals surface area contributed by atoms with E-state index >= 15 is 0 Å². The molecule has 0 spiro atoms. The van der Waals surface area contributed by atoms with E-state index in [1.807, 2.05) is 0 Å². The lowest BCUT2D eigenvalue weighted by Gasteiger charge is -2.10. The van der Waals surface area contributed by atoms with Crippen LogP contribution in [0.1, 0.15) is 0 Å². The molecule has 0 amide bonds. The monoisotopic (exact) mass is 134 g/mol. The Hall–Kier alpha value is -0.160. The van der Waals surface area contributed by atoms with E-state index in [9.17, 15) is 0 Å². The Kier molecular flexibility index (Phi) is 2.41. The van der Waals surface area contributed by atoms with Gasteiger partial charge in [-0.2, -0.15) is 0 Å². The fraction of sp³-hybridized carbons (Fsp3) is 1.00. The van der Waals surface area contributed by atoms with Gasteiger partial charge in [-0.25, -0.2) is 0 Å². The molecule has 1 fully saturated rings. The van der Waals surface area contributed by atoms with E-state index in [4.69, 9.17) is 19.7 Å². The van der Waals surface area contributed by atoms with Crippen molar-refractivity contribution in [2.45, 2.75) is 12.2 Å². The second-order valence-electron chi connectivity index (χ2n) is 1.99. The molecule has 0 bridgehead atoms. The summed E-state index contributed by atoms with van der Waals surface area (Å²) in [6, 6.07) is 0. The first-order valence-electron chi connectivity index (χ1n) is 2.82. The molecule has 1 aliphatic rings. The number of ether oxygens (including phenoxy) is 2. The quantitative estimate of drug-likeness (QED) is 0.433.